The van der Waals surface area contributed by atoms with Gasteiger partial charge >= 0.3 is 0 Å². The monoisotopic (exact) mass is 375 g/mol. The summed E-state index contributed by atoms with van der Waals surface area (Å²) < 4.78 is 35.9. The molecule has 5 atom stereocenters. The Kier molecular flexibility index (Phi) is 4.75. The molecule has 0 spiro atoms. The van der Waals surface area contributed by atoms with Crippen molar-refractivity contribution in [1.82, 2.24) is 0 Å². The number of nitriles is 1. The van der Waals surface area contributed by atoms with Gasteiger partial charge in [-0.15, -0.1) is 0 Å². The molecule has 0 aromatic heterocycles. The zero-order chi connectivity index (χ0) is 19.2. The van der Waals surface area contributed by atoms with E-state index in [0.717, 1.165) is 5.56 Å². The molecule has 3 aliphatic heterocycles. The van der Waals surface area contributed by atoms with E-state index < -0.39 is 17.9 Å². The van der Waals surface area contributed by atoms with Crippen molar-refractivity contribution in [2.75, 3.05) is 6.61 Å². The zero-order valence-electron chi connectivity index (χ0n) is 16.0. The Morgan fingerprint density at radius 1 is 1.04 bits per heavy atom. The molecule has 3 fully saturated rings. The van der Waals surface area contributed by atoms with Crippen LogP contribution in [0.5, 0.6) is 0 Å². The predicted octanol–water partition coefficient (Wildman–Crippen LogP) is 2.47. The van der Waals surface area contributed by atoms with E-state index >= 15 is 0 Å². The molecule has 27 heavy (non-hydrogen) atoms. The van der Waals surface area contributed by atoms with Crippen LogP contribution in [0.2, 0.25) is 0 Å². The number of hydrogen-bond acceptors (Lipinski definition) is 7. The summed E-state index contributed by atoms with van der Waals surface area (Å²) >= 11 is 0. The molecule has 0 bridgehead atoms. The minimum absolute atomic E-state index is 0.258. The molecule has 4 rings (SSSR count). The molecular formula is C20H25NO6. The van der Waals surface area contributed by atoms with Crippen LogP contribution in [0.4, 0.5) is 0 Å². The van der Waals surface area contributed by atoms with Crippen LogP contribution in [0.25, 0.3) is 0 Å². The highest BCUT2D eigenvalue weighted by Gasteiger charge is 2.58. The fourth-order valence-corrected chi connectivity index (χ4v) is 3.74. The molecule has 0 aliphatic carbocycles. The average Bonchev–Trinajstić information content (AvgIpc) is 3.22. The molecule has 1 aromatic rings. The second-order valence-corrected chi connectivity index (χ2v) is 8.02. The maximum atomic E-state index is 8.93. The molecule has 0 unspecified atom stereocenters. The molecule has 7 nitrogen and oxygen atoms in total. The van der Waals surface area contributed by atoms with Gasteiger partial charge in [-0.2, -0.15) is 5.26 Å². The van der Waals surface area contributed by atoms with Gasteiger partial charge in [-0.1, -0.05) is 12.1 Å². The number of fused-ring (bicyclic) bond motifs is 1. The fourth-order valence-electron chi connectivity index (χ4n) is 3.74. The third-order valence-corrected chi connectivity index (χ3v) is 4.95. The number of benzene rings is 1. The van der Waals surface area contributed by atoms with Crippen molar-refractivity contribution in [2.24, 2.45) is 0 Å². The minimum Gasteiger partial charge on any atom is -0.368 e. The lowest BCUT2D eigenvalue weighted by molar-refractivity contribution is -0.236. The van der Waals surface area contributed by atoms with Crippen molar-refractivity contribution in [2.45, 2.75) is 76.6 Å². The molecule has 0 N–H and O–H groups in total. The normalized spacial score (nSPS) is 36.5. The highest BCUT2D eigenvalue weighted by atomic mass is 16.8. The Morgan fingerprint density at radius 3 is 2.41 bits per heavy atom. The van der Waals surface area contributed by atoms with Crippen LogP contribution < -0.4 is 0 Å². The average molecular weight is 375 g/mol. The number of nitrogens with zero attached hydrogens (tertiary/aromatic N) is 1. The zero-order valence-corrected chi connectivity index (χ0v) is 16.0. The fraction of sp³-hybridized carbons (Fsp3) is 0.650. The molecule has 1 aromatic carbocycles. The predicted molar refractivity (Wildman–Crippen MR) is 93.3 cm³/mol. The highest BCUT2D eigenvalue weighted by Crippen LogP contribution is 2.42. The van der Waals surface area contributed by atoms with Gasteiger partial charge in [0.1, 0.15) is 24.4 Å². The Balaban J connectivity index is 1.49. The molecule has 146 valence electrons. The van der Waals surface area contributed by atoms with E-state index in [4.69, 9.17) is 33.7 Å². The molecule has 0 radical (unpaired) electrons. The molecule has 0 amide bonds. The third-order valence-electron chi connectivity index (χ3n) is 4.95. The maximum absolute atomic E-state index is 8.93. The van der Waals surface area contributed by atoms with E-state index in [1.165, 1.54) is 0 Å². The summed E-state index contributed by atoms with van der Waals surface area (Å²) in [5.41, 5.74) is 1.59. The van der Waals surface area contributed by atoms with Crippen molar-refractivity contribution in [3.8, 4) is 6.07 Å². The topological polar surface area (TPSA) is 79.2 Å². The van der Waals surface area contributed by atoms with Gasteiger partial charge < -0.3 is 28.4 Å². The Labute approximate surface area is 159 Å². The van der Waals surface area contributed by atoms with Crippen molar-refractivity contribution in [3.63, 3.8) is 0 Å². The first-order valence-electron chi connectivity index (χ1n) is 9.20. The first-order chi connectivity index (χ1) is 12.8. The van der Waals surface area contributed by atoms with Gasteiger partial charge in [-0.3, -0.25) is 0 Å². The summed E-state index contributed by atoms with van der Waals surface area (Å²) in [6.45, 7) is 8.29. The van der Waals surface area contributed by atoms with Crippen molar-refractivity contribution in [3.05, 3.63) is 35.4 Å². The van der Waals surface area contributed by atoms with Crippen LogP contribution in [0, 0.1) is 11.3 Å². The van der Waals surface area contributed by atoms with Crippen molar-refractivity contribution in [1.29, 1.82) is 5.26 Å². The van der Waals surface area contributed by atoms with E-state index in [2.05, 4.69) is 6.07 Å². The van der Waals surface area contributed by atoms with Gasteiger partial charge in [0, 0.05) is 0 Å². The standard InChI is InChI=1S/C20H25NO6/c1-19(2)23-11-14(25-19)15-16(17-18(24-15)27-20(3,4)26-17)22-10-13-7-5-12(9-21)6-8-13/h5-8,14-18H,10-11H2,1-4H3/t14-,15-,16+,17-,18-/m1/s1. The first-order valence-corrected chi connectivity index (χ1v) is 9.20. The van der Waals surface area contributed by atoms with Gasteiger partial charge in [-0.25, -0.2) is 0 Å². The number of ether oxygens (including phenoxy) is 6. The summed E-state index contributed by atoms with van der Waals surface area (Å²) in [7, 11) is 0. The number of hydrogen-bond donors (Lipinski definition) is 0. The van der Waals surface area contributed by atoms with Gasteiger partial charge in [0.2, 0.25) is 0 Å². The summed E-state index contributed by atoms with van der Waals surface area (Å²) in [4.78, 5) is 0. The quantitative estimate of drug-likeness (QED) is 0.800. The molecule has 0 saturated carbocycles. The Hall–Kier alpha value is -1.53. The number of rotatable bonds is 4. The van der Waals surface area contributed by atoms with E-state index in [0.29, 0.717) is 18.8 Å². The van der Waals surface area contributed by atoms with Crippen LogP contribution in [-0.4, -0.2) is 48.9 Å². The Morgan fingerprint density at radius 2 is 1.78 bits per heavy atom. The minimum atomic E-state index is -0.720. The lowest BCUT2D eigenvalue weighted by atomic mass is 10.1. The molecular weight excluding hydrogens is 350 g/mol. The maximum Gasteiger partial charge on any atom is 0.190 e. The van der Waals surface area contributed by atoms with E-state index in [-0.39, 0.29) is 24.4 Å². The van der Waals surface area contributed by atoms with Crippen LogP contribution >= 0.6 is 0 Å². The lowest BCUT2D eigenvalue weighted by Crippen LogP contribution is -2.44. The smallest absolute Gasteiger partial charge is 0.190 e. The van der Waals surface area contributed by atoms with Gasteiger partial charge in [0.15, 0.2) is 17.9 Å². The van der Waals surface area contributed by atoms with Crippen molar-refractivity contribution < 1.29 is 28.4 Å². The van der Waals surface area contributed by atoms with Gasteiger partial charge in [0.05, 0.1) is 24.8 Å². The third kappa shape index (κ3) is 3.87. The second-order valence-electron chi connectivity index (χ2n) is 8.02. The summed E-state index contributed by atoms with van der Waals surface area (Å²) in [6, 6.07) is 9.44. The van der Waals surface area contributed by atoms with Gasteiger partial charge in [0.25, 0.3) is 0 Å². The summed E-state index contributed by atoms with van der Waals surface area (Å²) in [5, 5.41) is 8.93. The van der Waals surface area contributed by atoms with E-state index in [1.54, 1.807) is 12.1 Å². The molecule has 3 aliphatic rings. The van der Waals surface area contributed by atoms with Crippen LogP contribution in [0.3, 0.4) is 0 Å². The highest BCUT2D eigenvalue weighted by molar-refractivity contribution is 5.31. The van der Waals surface area contributed by atoms with Crippen LogP contribution in [-0.2, 0) is 35.0 Å². The summed E-state index contributed by atoms with van der Waals surface area (Å²) in [5.74, 6) is -1.37. The van der Waals surface area contributed by atoms with Crippen molar-refractivity contribution >= 4 is 0 Å². The van der Waals surface area contributed by atoms with Crippen LogP contribution in [0.15, 0.2) is 24.3 Å². The first kappa shape index (κ1) is 18.8. The molecule has 3 heterocycles. The molecule has 7 heteroatoms. The molecule has 3 saturated heterocycles. The summed E-state index contributed by atoms with van der Waals surface area (Å²) in [6.07, 6.45) is -1.79. The van der Waals surface area contributed by atoms with Gasteiger partial charge in [-0.05, 0) is 45.4 Å². The van der Waals surface area contributed by atoms with Crippen LogP contribution in [0.1, 0.15) is 38.8 Å². The SMILES string of the molecule is CC1(C)O[C@H]2O[C@H]([C@H]3COC(C)(C)O3)[C@H](OCc3ccc(C#N)cc3)[C@H]2O1. The Bertz CT molecular complexity index is 725. The second kappa shape index (κ2) is 6.82. The van der Waals surface area contributed by atoms with E-state index in [1.807, 2.05) is 39.8 Å². The van der Waals surface area contributed by atoms with E-state index in [9.17, 15) is 0 Å². The lowest BCUT2D eigenvalue weighted by Gasteiger charge is -2.29. The largest absolute Gasteiger partial charge is 0.368 e.